The highest BCUT2D eigenvalue weighted by Crippen LogP contribution is 2.33. The standard InChI is InChI=1S/C27H30N4O4/c1-3-34-27(33)24-15-23(25(18(2)28)26(30-24)29-20-7-5-4-6-8-20)19-9-11-21(12-10-19)31-13-14-35-22(16-31)17-32/h4-12,15,22,28,32H,3,13-14,16-17H2,1-2H3,(H,29,30). The molecule has 3 aromatic rings. The molecule has 0 bridgehead atoms. The van der Waals surface area contributed by atoms with Crippen LogP contribution in [0.2, 0.25) is 0 Å². The molecule has 0 amide bonds. The summed E-state index contributed by atoms with van der Waals surface area (Å²) in [7, 11) is 0. The molecule has 0 saturated carbocycles. The van der Waals surface area contributed by atoms with Crippen LogP contribution in [0, 0.1) is 5.41 Å². The third-order valence-corrected chi connectivity index (χ3v) is 5.80. The number of hydrogen-bond donors (Lipinski definition) is 3. The lowest BCUT2D eigenvalue weighted by atomic mass is 9.96. The number of rotatable bonds is 8. The molecule has 3 N–H and O–H groups in total. The second kappa shape index (κ2) is 11.1. The molecule has 1 aliphatic rings. The molecule has 1 fully saturated rings. The number of para-hydroxylation sites is 1. The molecule has 0 radical (unpaired) electrons. The SMILES string of the molecule is CCOC(=O)c1cc(-c2ccc(N3CCOC(CO)C3)cc2)c(C(C)=N)c(Nc2ccccc2)n1. The topological polar surface area (TPSA) is 108 Å². The molecule has 1 saturated heterocycles. The Morgan fingerprint density at radius 2 is 1.97 bits per heavy atom. The first-order chi connectivity index (χ1) is 17.0. The molecule has 8 nitrogen and oxygen atoms in total. The van der Waals surface area contributed by atoms with Gasteiger partial charge < -0.3 is 30.2 Å². The van der Waals surface area contributed by atoms with Gasteiger partial charge in [0.25, 0.3) is 0 Å². The summed E-state index contributed by atoms with van der Waals surface area (Å²) in [6.45, 7) is 5.61. The fourth-order valence-electron chi connectivity index (χ4n) is 4.13. The normalized spacial score (nSPS) is 15.5. The van der Waals surface area contributed by atoms with Crippen LogP contribution >= 0.6 is 0 Å². The molecule has 8 heteroatoms. The summed E-state index contributed by atoms with van der Waals surface area (Å²) in [4.78, 5) is 19.3. The molecule has 0 spiro atoms. The number of aliphatic hydroxyl groups excluding tert-OH is 1. The van der Waals surface area contributed by atoms with E-state index in [-0.39, 0.29) is 25.0 Å². The van der Waals surface area contributed by atoms with E-state index in [0.717, 1.165) is 29.0 Å². The maximum Gasteiger partial charge on any atom is 0.357 e. The summed E-state index contributed by atoms with van der Waals surface area (Å²) in [5.41, 5.74) is 4.50. The summed E-state index contributed by atoms with van der Waals surface area (Å²) in [6, 6.07) is 19.2. The van der Waals surface area contributed by atoms with Crippen molar-refractivity contribution in [2.24, 2.45) is 0 Å². The maximum atomic E-state index is 12.6. The van der Waals surface area contributed by atoms with E-state index in [2.05, 4.69) is 15.2 Å². The van der Waals surface area contributed by atoms with Crippen molar-refractivity contribution in [2.75, 3.05) is 43.1 Å². The summed E-state index contributed by atoms with van der Waals surface area (Å²) >= 11 is 0. The zero-order valence-corrected chi connectivity index (χ0v) is 20.0. The number of nitrogens with one attached hydrogen (secondary N) is 2. The monoisotopic (exact) mass is 474 g/mol. The van der Waals surface area contributed by atoms with Crippen LogP contribution < -0.4 is 10.2 Å². The molecule has 1 atom stereocenters. The van der Waals surface area contributed by atoms with Crippen LogP contribution in [-0.4, -0.2) is 60.8 Å². The number of morpholine rings is 1. The van der Waals surface area contributed by atoms with Gasteiger partial charge >= 0.3 is 5.97 Å². The lowest BCUT2D eigenvalue weighted by molar-refractivity contribution is 0.00357. The van der Waals surface area contributed by atoms with E-state index < -0.39 is 5.97 Å². The largest absolute Gasteiger partial charge is 0.461 e. The van der Waals surface area contributed by atoms with E-state index in [4.69, 9.17) is 14.9 Å². The van der Waals surface area contributed by atoms with E-state index in [9.17, 15) is 9.90 Å². The highest BCUT2D eigenvalue weighted by atomic mass is 16.5. The van der Waals surface area contributed by atoms with Crippen molar-refractivity contribution in [3.8, 4) is 11.1 Å². The van der Waals surface area contributed by atoms with Gasteiger partial charge in [0, 0.05) is 35.7 Å². The van der Waals surface area contributed by atoms with Crippen molar-refractivity contribution in [1.82, 2.24) is 4.98 Å². The zero-order valence-electron chi connectivity index (χ0n) is 20.0. The highest BCUT2D eigenvalue weighted by Gasteiger charge is 2.22. The molecule has 2 heterocycles. The number of anilines is 3. The van der Waals surface area contributed by atoms with Gasteiger partial charge in [-0.05, 0) is 55.3 Å². The number of carbonyl (C=O) groups excluding carboxylic acids is 1. The van der Waals surface area contributed by atoms with E-state index in [1.807, 2.05) is 54.6 Å². The molecular formula is C27H30N4O4. The summed E-state index contributed by atoms with van der Waals surface area (Å²) in [5, 5.41) is 21.2. The number of benzene rings is 2. The number of pyridine rings is 1. The molecular weight excluding hydrogens is 444 g/mol. The number of ether oxygens (including phenoxy) is 2. The van der Waals surface area contributed by atoms with E-state index in [0.29, 0.717) is 30.2 Å². The van der Waals surface area contributed by atoms with Crippen molar-refractivity contribution < 1.29 is 19.4 Å². The third-order valence-electron chi connectivity index (χ3n) is 5.80. The van der Waals surface area contributed by atoms with Crippen LogP contribution in [0.1, 0.15) is 29.9 Å². The molecule has 1 aliphatic heterocycles. The predicted octanol–water partition coefficient (Wildman–Crippen LogP) is 4.25. The van der Waals surface area contributed by atoms with Gasteiger partial charge in [0.05, 0.1) is 25.9 Å². The van der Waals surface area contributed by atoms with E-state index in [1.165, 1.54) is 0 Å². The van der Waals surface area contributed by atoms with Gasteiger partial charge in [0.1, 0.15) is 5.82 Å². The second-order valence-electron chi connectivity index (χ2n) is 8.28. The number of aromatic nitrogens is 1. The molecule has 1 aromatic heterocycles. The lowest BCUT2D eigenvalue weighted by Crippen LogP contribution is -2.44. The fraction of sp³-hybridized carbons (Fsp3) is 0.296. The zero-order chi connectivity index (χ0) is 24.8. The first-order valence-corrected chi connectivity index (χ1v) is 11.7. The van der Waals surface area contributed by atoms with E-state index >= 15 is 0 Å². The van der Waals surface area contributed by atoms with Gasteiger partial charge in [0.2, 0.25) is 0 Å². The van der Waals surface area contributed by atoms with Crippen molar-refractivity contribution in [2.45, 2.75) is 20.0 Å². The smallest absolute Gasteiger partial charge is 0.357 e. The molecule has 4 rings (SSSR count). The van der Waals surface area contributed by atoms with Crippen LogP contribution in [0.5, 0.6) is 0 Å². The Morgan fingerprint density at radius 3 is 2.63 bits per heavy atom. The molecule has 2 aromatic carbocycles. The van der Waals surface area contributed by atoms with Crippen LogP contribution in [-0.2, 0) is 9.47 Å². The van der Waals surface area contributed by atoms with Crippen molar-refractivity contribution in [3.63, 3.8) is 0 Å². The average Bonchev–Trinajstić information content (AvgIpc) is 2.89. The van der Waals surface area contributed by atoms with Gasteiger partial charge in [-0.2, -0.15) is 0 Å². The van der Waals surface area contributed by atoms with Gasteiger partial charge in [-0.3, -0.25) is 0 Å². The Kier molecular flexibility index (Phi) is 7.74. The van der Waals surface area contributed by atoms with Crippen molar-refractivity contribution >= 4 is 28.9 Å². The molecule has 182 valence electrons. The third kappa shape index (κ3) is 5.67. The Hall–Kier alpha value is -3.75. The van der Waals surface area contributed by atoms with Crippen LogP contribution in [0.15, 0.2) is 60.7 Å². The first kappa shape index (κ1) is 24.4. The number of esters is 1. The Bertz CT molecular complexity index is 1180. The minimum Gasteiger partial charge on any atom is -0.461 e. The lowest BCUT2D eigenvalue weighted by Gasteiger charge is -2.33. The number of carbonyl (C=O) groups is 1. The summed E-state index contributed by atoms with van der Waals surface area (Å²) in [6.07, 6.45) is -0.199. The summed E-state index contributed by atoms with van der Waals surface area (Å²) < 4.78 is 10.8. The number of aliphatic hydroxyl groups is 1. The number of hydrogen-bond acceptors (Lipinski definition) is 8. The van der Waals surface area contributed by atoms with Gasteiger partial charge in [-0.25, -0.2) is 9.78 Å². The molecule has 1 unspecified atom stereocenters. The van der Waals surface area contributed by atoms with Crippen LogP contribution in [0.25, 0.3) is 11.1 Å². The van der Waals surface area contributed by atoms with Crippen LogP contribution in [0.3, 0.4) is 0 Å². The minimum atomic E-state index is -0.515. The van der Waals surface area contributed by atoms with Crippen molar-refractivity contribution in [1.29, 1.82) is 5.41 Å². The number of nitrogens with zero attached hydrogens (tertiary/aromatic N) is 2. The summed E-state index contributed by atoms with van der Waals surface area (Å²) in [5.74, 6) is -0.0914. The highest BCUT2D eigenvalue weighted by molar-refractivity contribution is 6.08. The van der Waals surface area contributed by atoms with Crippen LogP contribution in [0.4, 0.5) is 17.2 Å². The molecule has 35 heavy (non-hydrogen) atoms. The Labute approximate surface area is 205 Å². The van der Waals surface area contributed by atoms with Gasteiger partial charge in [-0.15, -0.1) is 0 Å². The maximum absolute atomic E-state index is 12.6. The van der Waals surface area contributed by atoms with Gasteiger partial charge in [-0.1, -0.05) is 30.3 Å². The predicted molar refractivity (Wildman–Crippen MR) is 137 cm³/mol. The Morgan fingerprint density at radius 1 is 1.23 bits per heavy atom. The quantitative estimate of drug-likeness (QED) is 0.331. The van der Waals surface area contributed by atoms with Crippen molar-refractivity contribution in [3.05, 3.63) is 71.9 Å². The van der Waals surface area contributed by atoms with E-state index in [1.54, 1.807) is 19.9 Å². The molecule has 0 aliphatic carbocycles. The minimum absolute atomic E-state index is 0.0125. The fourth-order valence-corrected chi connectivity index (χ4v) is 4.13. The van der Waals surface area contributed by atoms with Gasteiger partial charge in [0.15, 0.2) is 5.69 Å². The average molecular weight is 475 g/mol. The first-order valence-electron chi connectivity index (χ1n) is 11.7. The Balaban J connectivity index is 1.76. The second-order valence-corrected chi connectivity index (χ2v) is 8.28.